The molecule has 0 aliphatic heterocycles. The lowest BCUT2D eigenvalue weighted by Crippen LogP contribution is -1.84. The van der Waals surface area contributed by atoms with E-state index in [0.29, 0.717) is 0 Å². The Morgan fingerprint density at radius 2 is 2.19 bits per heavy atom. The van der Waals surface area contributed by atoms with Gasteiger partial charge in [-0.2, -0.15) is 10.4 Å². The van der Waals surface area contributed by atoms with Gasteiger partial charge in [-0.05, 0) is 30.7 Å². The maximum absolute atomic E-state index is 8.83. The first-order valence-corrected chi connectivity index (χ1v) is 5.68. The molecule has 1 heterocycles. The van der Waals surface area contributed by atoms with Crippen molar-refractivity contribution in [3.05, 3.63) is 41.7 Å². The van der Waals surface area contributed by atoms with Gasteiger partial charge in [0.15, 0.2) is 0 Å². The van der Waals surface area contributed by atoms with Crippen LogP contribution in [0.15, 0.2) is 40.4 Å². The third-order valence-electron chi connectivity index (χ3n) is 2.24. The highest BCUT2D eigenvalue weighted by Gasteiger charge is 2.02. The number of benzene rings is 1. The summed E-state index contributed by atoms with van der Waals surface area (Å²) < 4.78 is 1.78. The summed E-state index contributed by atoms with van der Waals surface area (Å²) in [7, 11) is 1.90. The maximum Gasteiger partial charge on any atom is 0.0994 e. The lowest BCUT2D eigenvalue weighted by Gasteiger charge is -2.01. The first-order chi connectivity index (χ1) is 7.69. The molecule has 0 amide bonds. The Labute approximate surface area is 98.7 Å². The van der Waals surface area contributed by atoms with Crippen molar-refractivity contribution in [1.29, 1.82) is 5.26 Å². The highest BCUT2D eigenvalue weighted by molar-refractivity contribution is 7.99. The van der Waals surface area contributed by atoms with E-state index in [9.17, 15) is 0 Å². The van der Waals surface area contributed by atoms with Gasteiger partial charge in [-0.15, -0.1) is 0 Å². The van der Waals surface area contributed by atoms with Crippen LogP contribution in [0.25, 0.3) is 0 Å². The standard InChI is InChI=1S/C12H11N3S/c1-9-5-11(4-3-10(9)6-13)16-12-7-14-15(2)8-12/h3-5,7-8H,1-2H3. The van der Waals surface area contributed by atoms with Crippen LogP contribution >= 0.6 is 11.8 Å². The molecule has 1 aromatic carbocycles. The minimum atomic E-state index is 0.732. The molecule has 2 rings (SSSR count). The summed E-state index contributed by atoms with van der Waals surface area (Å²) in [5.41, 5.74) is 1.74. The van der Waals surface area contributed by atoms with E-state index >= 15 is 0 Å². The first kappa shape index (κ1) is 10.8. The van der Waals surface area contributed by atoms with Crippen LogP contribution < -0.4 is 0 Å². The van der Waals surface area contributed by atoms with E-state index in [1.54, 1.807) is 16.4 Å². The SMILES string of the molecule is Cc1cc(Sc2cnn(C)c2)ccc1C#N. The van der Waals surface area contributed by atoms with Gasteiger partial charge >= 0.3 is 0 Å². The zero-order valence-corrected chi connectivity index (χ0v) is 9.95. The minimum absolute atomic E-state index is 0.732. The number of hydrogen-bond donors (Lipinski definition) is 0. The van der Waals surface area contributed by atoms with Crippen LogP contribution in [0, 0.1) is 18.3 Å². The summed E-state index contributed by atoms with van der Waals surface area (Å²) in [4.78, 5) is 2.23. The fourth-order valence-corrected chi connectivity index (χ4v) is 2.36. The summed E-state index contributed by atoms with van der Waals surface area (Å²) >= 11 is 1.65. The zero-order valence-electron chi connectivity index (χ0n) is 9.14. The number of aromatic nitrogens is 2. The molecule has 4 heteroatoms. The summed E-state index contributed by atoms with van der Waals surface area (Å²) in [5.74, 6) is 0. The Bertz CT molecular complexity index is 552. The Kier molecular flexibility index (Phi) is 2.97. The number of nitrogens with zero attached hydrogens (tertiary/aromatic N) is 3. The van der Waals surface area contributed by atoms with E-state index in [1.165, 1.54) is 0 Å². The molecule has 0 unspecified atom stereocenters. The van der Waals surface area contributed by atoms with Crippen LogP contribution in [-0.2, 0) is 7.05 Å². The van der Waals surface area contributed by atoms with Crippen molar-refractivity contribution in [3.63, 3.8) is 0 Å². The summed E-state index contributed by atoms with van der Waals surface area (Å²) in [5, 5.41) is 12.9. The molecule has 0 N–H and O–H groups in total. The van der Waals surface area contributed by atoms with E-state index in [2.05, 4.69) is 11.2 Å². The van der Waals surface area contributed by atoms with Crippen molar-refractivity contribution in [2.24, 2.45) is 7.05 Å². The second-order valence-electron chi connectivity index (χ2n) is 3.54. The Hall–Kier alpha value is -1.73. The fraction of sp³-hybridized carbons (Fsp3) is 0.167. The highest BCUT2D eigenvalue weighted by atomic mass is 32.2. The monoisotopic (exact) mass is 229 g/mol. The second kappa shape index (κ2) is 4.42. The smallest absolute Gasteiger partial charge is 0.0994 e. The molecular weight excluding hydrogens is 218 g/mol. The molecule has 0 atom stereocenters. The lowest BCUT2D eigenvalue weighted by atomic mass is 10.1. The Morgan fingerprint density at radius 3 is 2.75 bits per heavy atom. The van der Waals surface area contributed by atoms with Gasteiger partial charge in [0.1, 0.15) is 0 Å². The van der Waals surface area contributed by atoms with Crippen LogP contribution in [0.2, 0.25) is 0 Å². The summed E-state index contributed by atoms with van der Waals surface area (Å²) in [6, 6.07) is 8.01. The summed E-state index contributed by atoms with van der Waals surface area (Å²) in [6.45, 7) is 1.95. The number of rotatable bonds is 2. The molecule has 1 aromatic heterocycles. The predicted molar refractivity (Wildman–Crippen MR) is 63.2 cm³/mol. The largest absolute Gasteiger partial charge is 0.275 e. The number of hydrogen-bond acceptors (Lipinski definition) is 3. The van der Waals surface area contributed by atoms with Crippen molar-refractivity contribution in [2.45, 2.75) is 16.7 Å². The summed E-state index contributed by atoms with van der Waals surface area (Å²) in [6.07, 6.45) is 3.80. The maximum atomic E-state index is 8.83. The van der Waals surface area contributed by atoms with Gasteiger partial charge in [0.2, 0.25) is 0 Å². The topological polar surface area (TPSA) is 41.6 Å². The molecular formula is C12H11N3S. The van der Waals surface area contributed by atoms with E-state index < -0.39 is 0 Å². The second-order valence-corrected chi connectivity index (χ2v) is 4.69. The fourth-order valence-electron chi connectivity index (χ4n) is 1.41. The predicted octanol–water partition coefficient (Wildman–Crippen LogP) is 2.75. The van der Waals surface area contributed by atoms with E-state index in [4.69, 9.17) is 5.26 Å². The molecule has 0 aliphatic rings. The van der Waals surface area contributed by atoms with E-state index in [-0.39, 0.29) is 0 Å². The quantitative estimate of drug-likeness (QED) is 0.795. The van der Waals surface area contributed by atoms with Crippen LogP contribution in [0.1, 0.15) is 11.1 Å². The van der Waals surface area contributed by atoms with Crippen molar-refractivity contribution >= 4 is 11.8 Å². The Balaban J connectivity index is 2.23. The van der Waals surface area contributed by atoms with Gasteiger partial charge in [0.25, 0.3) is 0 Å². The molecule has 0 saturated carbocycles. The third kappa shape index (κ3) is 2.26. The Morgan fingerprint density at radius 1 is 1.38 bits per heavy atom. The van der Waals surface area contributed by atoms with Crippen molar-refractivity contribution in [1.82, 2.24) is 9.78 Å². The molecule has 16 heavy (non-hydrogen) atoms. The van der Waals surface area contributed by atoms with Crippen molar-refractivity contribution < 1.29 is 0 Å². The molecule has 0 saturated heterocycles. The van der Waals surface area contributed by atoms with Crippen LogP contribution in [-0.4, -0.2) is 9.78 Å². The van der Waals surface area contributed by atoms with Gasteiger partial charge in [-0.25, -0.2) is 0 Å². The van der Waals surface area contributed by atoms with Crippen LogP contribution in [0.3, 0.4) is 0 Å². The molecule has 0 aliphatic carbocycles. The van der Waals surface area contributed by atoms with Crippen molar-refractivity contribution in [3.8, 4) is 6.07 Å². The minimum Gasteiger partial charge on any atom is -0.275 e. The van der Waals surface area contributed by atoms with Gasteiger partial charge in [0, 0.05) is 18.1 Å². The molecule has 0 fully saturated rings. The average molecular weight is 229 g/mol. The molecule has 3 nitrogen and oxygen atoms in total. The van der Waals surface area contributed by atoms with Crippen LogP contribution in [0.4, 0.5) is 0 Å². The molecule has 80 valence electrons. The van der Waals surface area contributed by atoms with E-state index in [1.807, 2.05) is 44.6 Å². The molecule has 0 bridgehead atoms. The zero-order chi connectivity index (χ0) is 11.5. The molecule has 2 aromatic rings. The molecule has 0 radical (unpaired) electrons. The molecule has 0 spiro atoms. The highest BCUT2D eigenvalue weighted by Crippen LogP contribution is 2.28. The van der Waals surface area contributed by atoms with Gasteiger partial charge in [-0.3, -0.25) is 4.68 Å². The van der Waals surface area contributed by atoms with E-state index in [0.717, 1.165) is 20.9 Å². The number of nitriles is 1. The normalized spacial score (nSPS) is 10.1. The average Bonchev–Trinajstić information content (AvgIpc) is 2.64. The first-order valence-electron chi connectivity index (χ1n) is 4.86. The third-order valence-corrected chi connectivity index (χ3v) is 3.17. The van der Waals surface area contributed by atoms with Gasteiger partial charge < -0.3 is 0 Å². The number of aryl methyl sites for hydroxylation is 2. The van der Waals surface area contributed by atoms with Crippen molar-refractivity contribution in [2.75, 3.05) is 0 Å². The lowest BCUT2D eigenvalue weighted by molar-refractivity contribution is 0.766. The van der Waals surface area contributed by atoms with Crippen LogP contribution in [0.5, 0.6) is 0 Å². The van der Waals surface area contributed by atoms with Gasteiger partial charge in [0.05, 0.1) is 22.7 Å². The van der Waals surface area contributed by atoms with Gasteiger partial charge in [-0.1, -0.05) is 11.8 Å².